The Kier molecular flexibility index (Phi) is 9.16. The molecule has 0 bridgehead atoms. The summed E-state index contributed by atoms with van der Waals surface area (Å²) in [6.45, 7) is 0.622. The molecule has 1 unspecified atom stereocenters. The number of aliphatic carboxylic acids is 1. The van der Waals surface area contributed by atoms with Crippen molar-refractivity contribution in [1.29, 1.82) is 0 Å². The van der Waals surface area contributed by atoms with E-state index >= 15 is 0 Å². The standard InChI is InChI=1S/C13H15N5O2.2ClH/c14-11(13(19)20)3-1-7-18-8-4-10(9-17-18)12-15-5-2-6-16-12;;/h2,4-6,8-9,11H,1,3,7,14H2;2*1H. The van der Waals surface area contributed by atoms with Crippen LogP contribution in [-0.2, 0) is 11.3 Å². The highest BCUT2D eigenvalue weighted by Crippen LogP contribution is 2.09. The van der Waals surface area contributed by atoms with Gasteiger partial charge in [0.2, 0.25) is 0 Å². The summed E-state index contributed by atoms with van der Waals surface area (Å²) in [5.41, 5.74) is 6.27. The molecule has 2 rings (SSSR count). The van der Waals surface area contributed by atoms with Crippen LogP contribution in [0.4, 0.5) is 0 Å². The van der Waals surface area contributed by atoms with Gasteiger partial charge in [-0.15, -0.1) is 12.4 Å². The van der Waals surface area contributed by atoms with Crippen LogP contribution in [0.5, 0.6) is 0 Å². The fourth-order valence-electron chi connectivity index (χ4n) is 1.69. The minimum atomic E-state index is -0.973. The van der Waals surface area contributed by atoms with Crippen molar-refractivity contribution in [3.63, 3.8) is 0 Å². The number of hydrogen-bond donors (Lipinski definition) is 2. The average Bonchev–Trinajstić information content (AvgIpc) is 2.48. The highest BCUT2D eigenvalue weighted by Gasteiger charge is 2.12. The van der Waals surface area contributed by atoms with Crippen LogP contribution in [0, 0.1) is 0 Å². The minimum Gasteiger partial charge on any atom is -1.00 e. The van der Waals surface area contributed by atoms with Gasteiger partial charge in [0.05, 0.1) is 0 Å². The summed E-state index contributed by atoms with van der Waals surface area (Å²) < 4.78 is 1.74. The Bertz CT molecular complexity index is 568. The molecule has 2 aromatic rings. The third kappa shape index (κ3) is 5.88. The summed E-state index contributed by atoms with van der Waals surface area (Å²) in [5, 5.41) is 12.9. The van der Waals surface area contributed by atoms with Crippen molar-refractivity contribution in [1.82, 2.24) is 15.1 Å². The van der Waals surface area contributed by atoms with E-state index in [1.807, 2.05) is 12.3 Å². The van der Waals surface area contributed by atoms with E-state index in [0.29, 0.717) is 25.2 Å². The van der Waals surface area contributed by atoms with Gasteiger partial charge in [0.25, 0.3) is 0 Å². The van der Waals surface area contributed by atoms with Crippen molar-refractivity contribution in [2.75, 3.05) is 0 Å². The normalized spacial score (nSPS) is 11.0. The molecule has 22 heavy (non-hydrogen) atoms. The van der Waals surface area contributed by atoms with Gasteiger partial charge in [0.1, 0.15) is 12.2 Å². The number of hydrogen-bond acceptors (Lipinski definition) is 5. The quantitative estimate of drug-likeness (QED) is 0.558. The number of carbonyl (C=O) groups is 1. The van der Waals surface area contributed by atoms with Crippen molar-refractivity contribution in [3.05, 3.63) is 36.9 Å². The van der Waals surface area contributed by atoms with Gasteiger partial charge in [-0.3, -0.25) is 4.79 Å². The van der Waals surface area contributed by atoms with Gasteiger partial charge in [-0.05, 0) is 17.6 Å². The van der Waals surface area contributed by atoms with E-state index in [0.717, 1.165) is 5.56 Å². The molecular weight excluding hydrogens is 329 g/mol. The van der Waals surface area contributed by atoms with Crippen LogP contribution in [-0.4, -0.2) is 32.2 Å². The molecule has 0 amide bonds. The largest absolute Gasteiger partial charge is 1.00 e. The molecule has 9 heteroatoms. The lowest BCUT2D eigenvalue weighted by Crippen LogP contribution is -3.00. The van der Waals surface area contributed by atoms with Gasteiger partial charge in [0.15, 0.2) is 18.6 Å². The highest BCUT2D eigenvalue weighted by molar-refractivity contribution is 5.85. The average molecular weight is 346 g/mol. The number of nitrogens with two attached hydrogens (primary N) is 1. The van der Waals surface area contributed by atoms with Crippen LogP contribution in [0.15, 0.2) is 36.9 Å². The molecule has 0 aliphatic heterocycles. The van der Waals surface area contributed by atoms with E-state index in [1.165, 1.54) is 0 Å². The number of aryl methyl sites for hydroxylation is 1. The minimum absolute atomic E-state index is 0. The number of nitrogens with zero attached hydrogens (tertiary/aromatic N) is 4. The maximum atomic E-state index is 10.6. The second-order valence-electron chi connectivity index (χ2n) is 4.34. The van der Waals surface area contributed by atoms with Gasteiger partial charge in [-0.2, -0.15) is 0 Å². The summed E-state index contributed by atoms with van der Waals surface area (Å²) in [4.78, 5) is 18.9. The summed E-state index contributed by atoms with van der Waals surface area (Å²) in [6, 6.07) is 2.82. The first-order valence-electron chi connectivity index (χ1n) is 6.28. The Hall–Kier alpha value is -1.83. The zero-order valence-electron chi connectivity index (χ0n) is 11.7. The maximum Gasteiger partial charge on any atom is 0.320 e. The predicted molar refractivity (Wildman–Crippen MR) is 77.6 cm³/mol. The Morgan fingerprint density at radius 2 is 2.05 bits per heavy atom. The number of carboxylic acid groups (broad SMARTS) is 1. The number of carboxylic acids is 1. The first kappa shape index (κ1) is 20.2. The smallest absolute Gasteiger partial charge is 0.320 e. The molecule has 0 aliphatic rings. The van der Waals surface area contributed by atoms with E-state index in [1.54, 1.807) is 29.3 Å². The second kappa shape index (κ2) is 9.99. The van der Waals surface area contributed by atoms with Gasteiger partial charge >= 0.3 is 5.97 Å². The van der Waals surface area contributed by atoms with Crippen molar-refractivity contribution >= 4 is 18.4 Å². The van der Waals surface area contributed by atoms with E-state index in [9.17, 15) is 4.79 Å². The fourth-order valence-corrected chi connectivity index (χ4v) is 1.69. The molecule has 3 N–H and O–H groups in total. The Morgan fingerprint density at radius 3 is 2.59 bits per heavy atom. The first-order chi connectivity index (χ1) is 9.66. The SMILES string of the molecule is Cl.NC(CCC[n+]1ccc(-c2ncccn2)cn1)C(=O)O.[Cl-]. The van der Waals surface area contributed by atoms with Crippen LogP contribution in [0.25, 0.3) is 11.4 Å². The van der Waals surface area contributed by atoms with Crippen molar-refractivity contribution in [2.45, 2.75) is 25.4 Å². The summed E-state index contributed by atoms with van der Waals surface area (Å²) in [7, 11) is 0. The third-order valence-corrected chi connectivity index (χ3v) is 2.81. The van der Waals surface area contributed by atoms with Crippen LogP contribution < -0.4 is 22.8 Å². The lowest BCUT2D eigenvalue weighted by molar-refractivity contribution is -0.754. The van der Waals surface area contributed by atoms with Crippen LogP contribution >= 0.6 is 12.4 Å². The van der Waals surface area contributed by atoms with Gasteiger partial charge in [0, 0.05) is 30.4 Å². The molecule has 0 aromatic carbocycles. The van der Waals surface area contributed by atoms with E-state index in [-0.39, 0.29) is 24.8 Å². The third-order valence-electron chi connectivity index (χ3n) is 2.81. The van der Waals surface area contributed by atoms with Crippen LogP contribution in [0.1, 0.15) is 12.8 Å². The summed E-state index contributed by atoms with van der Waals surface area (Å²) in [5.74, 6) is -0.348. The topological polar surface area (TPSA) is 106 Å². The molecule has 0 radical (unpaired) electrons. The zero-order chi connectivity index (χ0) is 14.4. The van der Waals surface area contributed by atoms with Crippen molar-refractivity contribution < 1.29 is 27.0 Å². The van der Waals surface area contributed by atoms with E-state index in [2.05, 4.69) is 15.1 Å². The van der Waals surface area contributed by atoms with Crippen LogP contribution in [0.3, 0.4) is 0 Å². The Labute approximate surface area is 140 Å². The molecule has 7 nitrogen and oxygen atoms in total. The highest BCUT2D eigenvalue weighted by atomic mass is 35.5. The van der Waals surface area contributed by atoms with Crippen LogP contribution in [0.2, 0.25) is 0 Å². The molecule has 120 valence electrons. The van der Waals surface area contributed by atoms with E-state index in [4.69, 9.17) is 10.8 Å². The monoisotopic (exact) mass is 345 g/mol. The molecule has 0 spiro atoms. The van der Waals surface area contributed by atoms with E-state index < -0.39 is 12.0 Å². The predicted octanol–water partition coefficient (Wildman–Crippen LogP) is -2.56. The van der Waals surface area contributed by atoms with Gasteiger partial charge in [-0.25, -0.2) is 9.97 Å². The van der Waals surface area contributed by atoms with Crippen molar-refractivity contribution in [3.8, 4) is 11.4 Å². The molecule has 0 fully saturated rings. The molecule has 0 aliphatic carbocycles. The number of halogens is 2. The molecular formula is C13H17Cl2N5O2. The fraction of sp³-hybridized carbons (Fsp3) is 0.308. The number of rotatable bonds is 6. The van der Waals surface area contributed by atoms with Gasteiger partial charge in [-0.1, -0.05) is 4.68 Å². The molecule has 2 aromatic heterocycles. The lowest BCUT2D eigenvalue weighted by Gasteiger charge is -2.03. The first-order valence-corrected chi connectivity index (χ1v) is 6.28. The van der Waals surface area contributed by atoms with Gasteiger partial charge < -0.3 is 23.2 Å². The summed E-state index contributed by atoms with van der Waals surface area (Å²) in [6.07, 6.45) is 7.94. The molecule has 2 heterocycles. The molecule has 0 saturated heterocycles. The Balaban J connectivity index is 0.00000220. The molecule has 1 atom stereocenters. The zero-order valence-corrected chi connectivity index (χ0v) is 13.2. The second-order valence-corrected chi connectivity index (χ2v) is 4.34. The lowest BCUT2D eigenvalue weighted by atomic mass is 10.2. The number of aromatic nitrogens is 4. The summed E-state index contributed by atoms with van der Waals surface area (Å²) >= 11 is 0. The Morgan fingerprint density at radius 1 is 1.36 bits per heavy atom. The molecule has 0 saturated carbocycles. The van der Waals surface area contributed by atoms with Crippen molar-refractivity contribution in [2.24, 2.45) is 5.73 Å². The maximum absolute atomic E-state index is 10.6.